The minimum Gasteiger partial charge on any atom is -0.399 e. The summed E-state index contributed by atoms with van der Waals surface area (Å²) in [6.07, 6.45) is 0. The lowest BCUT2D eigenvalue weighted by molar-refractivity contribution is 0.615. The molecule has 1 atom stereocenters. The molecule has 2 N–H and O–H groups in total. The number of halogens is 2. The number of rotatable bonds is 3. The molecule has 0 saturated carbocycles. The highest BCUT2D eigenvalue weighted by molar-refractivity contribution is 7.84. The fourth-order valence-corrected chi connectivity index (χ4v) is 3.47. The summed E-state index contributed by atoms with van der Waals surface area (Å²) in [5.41, 5.74) is 7.36. The van der Waals surface area contributed by atoms with Crippen LogP contribution in [0.15, 0.2) is 41.3 Å². The molecule has 19 heavy (non-hydrogen) atoms. The standard InChI is InChI=1S/C14H13ClFNOS/c1-9-7-10(17)5-6-14(9)19(18)8-11-12(15)3-2-4-13(11)16/h2-7H,8,17H2,1H3. The Kier molecular flexibility index (Phi) is 4.22. The Labute approximate surface area is 118 Å². The van der Waals surface area contributed by atoms with Crippen molar-refractivity contribution in [3.8, 4) is 0 Å². The Morgan fingerprint density at radius 1 is 1.32 bits per heavy atom. The Bertz CT molecular complexity index is 625. The van der Waals surface area contributed by atoms with E-state index < -0.39 is 16.6 Å². The molecule has 0 bridgehead atoms. The largest absolute Gasteiger partial charge is 0.399 e. The average molecular weight is 298 g/mol. The highest BCUT2D eigenvalue weighted by atomic mass is 35.5. The zero-order valence-electron chi connectivity index (χ0n) is 10.3. The van der Waals surface area contributed by atoms with Gasteiger partial charge in [-0.15, -0.1) is 0 Å². The first-order valence-electron chi connectivity index (χ1n) is 5.66. The maximum Gasteiger partial charge on any atom is 0.128 e. The Balaban J connectivity index is 2.31. The molecule has 2 rings (SSSR count). The molecule has 100 valence electrons. The zero-order valence-corrected chi connectivity index (χ0v) is 11.9. The highest BCUT2D eigenvalue weighted by Crippen LogP contribution is 2.24. The van der Waals surface area contributed by atoms with E-state index in [0.717, 1.165) is 5.56 Å². The number of nitrogens with two attached hydrogens (primary N) is 1. The fraction of sp³-hybridized carbons (Fsp3) is 0.143. The molecule has 0 saturated heterocycles. The summed E-state index contributed by atoms with van der Waals surface area (Å²) in [5, 5.41) is 0.293. The van der Waals surface area contributed by atoms with Crippen molar-refractivity contribution in [1.29, 1.82) is 0 Å². The summed E-state index contributed by atoms with van der Waals surface area (Å²) in [5.74, 6) is -0.384. The summed E-state index contributed by atoms with van der Waals surface area (Å²) in [7, 11) is -1.35. The van der Waals surface area contributed by atoms with Gasteiger partial charge in [0, 0.05) is 21.2 Å². The van der Waals surface area contributed by atoms with Crippen molar-refractivity contribution in [3.05, 3.63) is 58.4 Å². The average Bonchev–Trinajstić information content (AvgIpc) is 2.33. The third-order valence-electron chi connectivity index (χ3n) is 2.78. The van der Waals surface area contributed by atoms with E-state index in [9.17, 15) is 8.60 Å². The van der Waals surface area contributed by atoms with Crippen molar-refractivity contribution >= 4 is 28.1 Å². The lowest BCUT2D eigenvalue weighted by Crippen LogP contribution is -2.02. The highest BCUT2D eigenvalue weighted by Gasteiger charge is 2.14. The van der Waals surface area contributed by atoms with Gasteiger partial charge in [-0.3, -0.25) is 4.21 Å². The normalized spacial score (nSPS) is 12.4. The topological polar surface area (TPSA) is 43.1 Å². The van der Waals surface area contributed by atoms with Crippen LogP contribution in [0.25, 0.3) is 0 Å². The zero-order chi connectivity index (χ0) is 14.0. The summed E-state index contributed by atoms with van der Waals surface area (Å²) in [6.45, 7) is 1.83. The minimum atomic E-state index is -1.35. The van der Waals surface area contributed by atoms with Gasteiger partial charge in [0.05, 0.1) is 16.6 Å². The quantitative estimate of drug-likeness (QED) is 0.878. The molecule has 0 fully saturated rings. The first-order valence-corrected chi connectivity index (χ1v) is 7.36. The van der Waals surface area contributed by atoms with E-state index in [0.29, 0.717) is 15.6 Å². The van der Waals surface area contributed by atoms with Crippen LogP contribution < -0.4 is 5.73 Å². The van der Waals surface area contributed by atoms with Gasteiger partial charge in [-0.2, -0.15) is 0 Å². The van der Waals surface area contributed by atoms with Gasteiger partial charge in [-0.25, -0.2) is 4.39 Å². The molecule has 0 aromatic heterocycles. The van der Waals surface area contributed by atoms with Gasteiger partial charge < -0.3 is 5.73 Å². The molecule has 0 spiro atoms. The molecule has 0 radical (unpaired) electrons. The molecule has 2 aromatic rings. The maximum absolute atomic E-state index is 13.7. The molecule has 0 heterocycles. The number of nitrogen functional groups attached to an aromatic ring is 1. The summed E-state index contributed by atoms with van der Waals surface area (Å²) >= 11 is 5.93. The number of aryl methyl sites for hydroxylation is 1. The smallest absolute Gasteiger partial charge is 0.128 e. The van der Waals surface area contributed by atoms with Crippen LogP contribution >= 0.6 is 11.6 Å². The number of anilines is 1. The maximum atomic E-state index is 13.7. The van der Waals surface area contributed by atoms with Crippen molar-refractivity contribution in [1.82, 2.24) is 0 Å². The lowest BCUT2D eigenvalue weighted by atomic mass is 10.2. The molecule has 2 aromatic carbocycles. The molecule has 0 aliphatic rings. The van der Waals surface area contributed by atoms with E-state index in [1.165, 1.54) is 12.1 Å². The van der Waals surface area contributed by atoms with Crippen molar-refractivity contribution in [2.45, 2.75) is 17.6 Å². The summed E-state index contributed by atoms with van der Waals surface area (Å²) in [6, 6.07) is 9.56. The first-order chi connectivity index (χ1) is 8.99. The second-order valence-electron chi connectivity index (χ2n) is 4.22. The Morgan fingerprint density at radius 2 is 2.05 bits per heavy atom. The van der Waals surface area contributed by atoms with E-state index in [1.54, 1.807) is 24.3 Å². The molecule has 2 nitrogen and oxygen atoms in total. The number of benzene rings is 2. The first kappa shape index (κ1) is 14.0. The SMILES string of the molecule is Cc1cc(N)ccc1S(=O)Cc1c(F)cccc1Cl. The summed E-state index contributed by atoms with van der Waals surface area (Å²) < 4.78 is 25.9. The van der Waals surface area contributed by atoms with Crippen LogP contribution in [-0.4, -0.2) is 4.21 Å². The summed E-state index contributed by atoms with van der Waals surface area (Å²) in [4.78, 5) is 0.647. The molecule has 0 aliphatic carbocycles. The monoisotopic (exact) mass is 297 g/mol. The van der Waals surface area contributed by atoms with Gasteiger partial charge >= 0.3 is 0 Å². The molecule has 0 amide bonds. The van der Waals surface area contributed by atoms with Gasteiger partial charge in [0.2, 0.25) is 0 Å². The van der Waals surface area contributed by atoms with Crippen LogP contribution in [0.2, 0.25) is 5.02 Å². The molecule has 1 unspecified atom stereocenters. The lowest BCUT2D eigenvalue weighted by Gasteiger charge is -2.09. The van der Waals surface area contributed by atoms with Crippen LogP contribution in [0.4, 0.5) is 10.1 Å². The van der Waals surface area contributed by atoms with Crippen LogP contribution in [0, 0.1) is 12.7 Å². The van der Waals surface area contributed by atoms with Gasteiger partial charge in [-0.05, 0) is 42.8 Å². The van der Waals surface area contributed by atoms with E-state index in [-0.39, 0.29) is 11.3 Å². The second-order valence-corrected chi connectivity index (χ2v) is 6.04. The molecular weight excluding hydrogens is 285 g/mol. The Morgan fingerprint density at radius 3 is 2.68 bits per heavy atom. The molecule has 0 aliphatic heterocycles. The van der Waals surface area contributed by atoms with Crippen molar-refractivity contribution in [3.63, 3.8) is 0 Å². The van der Waals surface area contributed by atoms with Crippen LogP contribution in [0.5, 0.6) is 0 Å². The predicted molar refractivity (Wildman–Crippen MR) is 77.1 cm³/mol. The molecule has 5 heteroatoms. The number of hydrogen-bond donors (Lipinski definition) is 1. The third-order valence-corrected chi connectivity index (χ3v) is 4.63. The van der Waals surface area contributed by atoms with Crippen LogP contribution in [-0.2, 0) is 16.6 Å². The number of hydrogen-bond acceptors (Lipinski definition) is 2. The molecular formula is C14H13ClFNOS. The van der Waals surface area contributed by atoms with E-state index in [1.807, 2.05) is 6.92 Å². The van der Waals surface area contributed by atoms with Crippen molar-refractivity contribution < 1.29 is 8.60 Å². The van der Waals surface area contributed by atoms with Crippen LogP contribution in [0.1, 0.15) is 11.1 Å². The second kappa shape index (κ2) is 5.72. The Hall–Kier alpha value is -1.39. The van der Waals surface area contributed by atoms with Crippen molar-refractivity contribution in [2.75, 3.05) is 5.73 Å². The van der Waals surface area contributed by atoms with E-state index in [2.05, 4.69) is 0 Å². The fourth-order valence-electron chi connectivity index (χ4n) is 1.81. The van der Waals surface area contributed by atoms with Gasteiger partial charge in [0.1, 0.15) is 5.82 Å². The van der Waals surface area contributed by atoms with Crippen LogP contribution in [0.3, 0.4) is 0 Å². The van der Waals surface area contributed by atoms with Gasteiger partial charge in [-0.1, -0.05) is 17.7 Å². The van der Waals surface area contributed by atoms with E-state index in [4.69, 9.17) is 17.3 Å². The van der Waals surface area contributed by atoms with Gasteiger partial charge in [0.15, 0.2) is 0 Å². The van der Waals surface area contributed by atoms with E-state index >= 15 is 0 Å². The minimum absolute atomic E-state index is 0.0518. The van der Waals surface area contributed by atoms with Crippen molar-refractivity contribution in [2.24, 2.45) is 0 Å². The van der Waals surface area contributed by atoms with Gasteiger partial charge in [0.25, 0.3) is 0 Å². The predicted octanol–water partition coefficient (Wildman–Crippen LogP) is 3.68. The third kappa shape index (κ3) is 3.14.